The minimum atomic E-state index is 0.0902. The van der Waals surface area contributed by atoms with Crippen LogP contribution in [0.25, 0.3) is 24.3 Å². The number of hydrogen-bond donors (Lipinski definition) is 2. The lowest BCUT2D eigenvalue weighted by Crippen LogP contribution is -1.90. The maximum Gasteiger partial charge on any atom is 0.161 e. The number of nitrogens with zero attached hydrogens (tertiary/aromatic N) is 1. The lowest BCUT2D eigenvalue weighted by atomic mass is 10.1. The zero-order valence-electron chi connectivity index (χ0n) is 17.0. The predicted octanol–water partition coefficient (Wildman–Crippen LogP) is 4.86. The van der Waals surface area contributed by atoms with Gasteiger partial charge in [0, 0.05) is 12.1 Å². The van der Waals surface area contributed by atoms with Crippen LogP contribution < -0.4 is 14.2 Å². The molecular formula is C24H23NO5. The fourth-order valence-electron chi connectivity index (χ4n) is 2.79. The average molecular weight is 405 g/mol. The molecule has 0 unspecified atom stereocenters. The summed E-state index contributed by atoms with van der Waals surface area (Å²) in [6, 6.07) is 13.9. The van der Waals surface area contributed by atoms with E-state index in [1.165, 1.54) is 14.2 Å². The maximum atomic E-state index is 9.72. The molecule has 1 heterocycles. The van der Waals surface area contributed by atoms with E-state index in [0.717, 1.165) is 11.1 Å². The Balaban J connectivity index is 1.86. The van der Waals surface area contributed by atoms with Gasteiger partial charge in [-0.05, 0) is 47.5 Å². The Kier molecular flexibility index (Phi) is 6.60. The van der Waals surface area contributed by atoms with Crippen molar-refractivity contribution in [2.24, 2.45) is 0 Å². The molecule has 0 atom stereocenters. The standard InChI is InChI=1S/C24H23NO5/c1-28-20-14-18(8-4-16-6-10-21(26)23(12-16)29-2)25-19(15-20)9-5-17-7-11-22(27)24(13-17)30-3/h4-15,26-27H,1-3H3/b8-4+,9-5+. The molecule has 0 amide bonds. The second-order valence-electron chi connectivity index (χ2n) is 6.39. The fraction of sp³-hybridized carbons (Fsp3) is 0.125. The van der Waals surface area contributed by atoms with Gasteiger partial charge in [-0.25, -0.2) is 4.98 Å². The van der Waals surface area contributed by atoms with Crippen molar-refractivity contribution < 1.29 is 24.4 Å². The van der Waals surface area contributed by atoms with Crippen LogP contribution in [0.1, 0.15) is 22.5 Å². The summed E-state index contributed by atoms with van der Waals surface area (Å²) in [7, 11) is 4.62. The van der Waals surface area contributed by atoms with Crippen LogP contribution in [0.5, 0.6) is 28.7 Å². The molecule has 0 aliphatic heterocycles. The van der Waals surface area contributed by atoms with Crippen LogP contribution in [0.15, 0.2) is 48.5 Å². The molecule has 2 aromatic carbocycles. The van der Waals surface area contributed by atoms with E-state index < -0.39 is 0 Å². The molecule has 0 fully saturated rings. The predicted molar refractivity (Wildman–Crippen MR) is 118 cm³/mol. The highest BCUT2D eigenvalue weighted by atomic mass is 16.5. The number of phenolic OH excluding ortho intramolecular Hbond substituents is 2. The van der Waals surface area contributed by atoms with Crippen LogP contribution in [0.3, 0.4) is 0 Å². The van der Waals surface area contributed by atoms with Crippen molar-refractivity contribution in [3.8, 4) is 28.7 Å². The highest BCUT2D eigenvalue weighted by molar-refractivity contribution is 5.73. The second-order valence-corrected chi connectivity index (χ2v) is 6.39. The van der Waals surface area contributed by atoms with E-state index in [1.54, 1.807) is 43.5 Å². The molecule has 1 aromatic heterocycles. The minimum absolute atomic E-state index is 0.0902. The van der Waals surface area contributed by atoms with E-state index in [9.17, 15) is 10.2 Å². The SMILES string of the molecule is COc1cc(/C=C/c2ccc(O)c(OC)c2)nc(/C=C/c2ccc(O)c(OC)c2)c1. The zero-order chi connectivity index (χ0) is 21.5. The Morgan fingerprint density at radius 1 is 0.633 bits per heavy atom. The second kappa shape index (κ2) is 9.52. The van der Waals surface area contributed by atoms with Gasteiger partial charge in [0.15, 0.2) is 23.0 Å². The van der Waals surface area contributed by atoms with Crippen LogP contribution in [-0.2, 0) is 0 Å². The number of pyridine rings is 1. The molecule has 154 valence electrons. The largest absolute Gasteiger partial charge is 0.504 e. The molecule has 3 aromatic rings. The Morgan fingerprint density at radius 2 is 1.10 bits per heavy atom. The first kappa shape index (κ1) is 20.8. The third-order valence-corrected chi connectivity index (χ3v) is 4.37. The summed E-state index contributed by atoms with van der Waals surface area (Å²) in [5.74, 6) is 1.67. The molecule has 6 heteroatoms. The molecule has 0 spiro atoms. The molecule has 3 rings (SSSR count). The molecule has 0 saturated carbocycles. The van der Waals surface area contributed by atoms with E-state index in [4.69, 9.17) is 14.2 Å². The third-order valence-electron chi connectivity index (χ3n) is 4.37. The summed E-state index contributed by atoms with van der Waals surface area (Å²) in [6.07, 6.45) is 7.47. The number of rotatable bonds is 7. The van der Waals surface area contributed by atoms with Gasteiger partial charge in [0.25, 0.3) is 0 Å². The van der Waals surface area contributed by atoms with Crippen molar-refractivity contribution in [3.05, 3.63) is 71.0 Å². The van der Waals surface area contributed by atoms with Crippen molar-refractivity contribution in [1.29, 1.82) is 0 Å². The number of aromatic hydroxyl groups is 2. The van der Waals surface area contributed by atoms with Crippen molar-refractivity contribution in [1.82, 2.24) is 4.98 Å². The Morgan fingerprint density at radius 3 is 1.50 bits per heavy atom. The smallest absolute Gasteiger partial charge is 0.161 e. The number of ether oxygens (including phenoxy) is 3. The van der Waals surface area contributed by atoms with Crippen LogP contribution in [-0.4, -0.2) is 36.5 Å². The van der Waals surface area contributed by atoms with E-state index in [0.29, 0.717) is 28.6 Å². The van der Waals surface area contributed by atoms with Gasteiger partial charge in [-0.2, -0.15) is 0 Å². The zero-order valence-corrected chi connectivity index (χ0v) is 17.0. The van der Waals surface area contributed by atoms with Crippen molar-refractivity contribution in [2.75, 3.05) is 21.3 Å². The third kappa shape index (κ3) is 5.11. The van der Waals surface area contributed by atoms with Gasteiger partial charge in [0.2, 0.25) is 0 Å². The minimum Gasteiger partial charge on any atom is -0.504 e. The number of hydrogen-bond acceptors (Lipinski definition) is 6. The van der Waals surface area contributed by atoms with Crippen molar-refractivity contribution in [2.45, 2.75) is 0 Å². The van der Waals surface area contributed by atoms with E-state index >= 15 is 0 Å². The van der Waals surface area contributed by atoms with Gasteiger partial charge in [-0.15, -0.1) is 0 Å². The first-order valence-corrected chi connectivity index (χ1v) is 9.18. The molecule has 0 bridgehead atoms. The van der Waals surface area contributed by atoms with Gasteiger partial charge < -0.3 is 24.4 Å². The van der Waals surface area contributed by atoms with Crippen molar-refractivity contribution >= 4 is 24.3 Å². The number of methoxy groups -OCH3 is 3. The quantitative estimate of drug-likeness (QED) is 0.584. The van der Waals surface area contributed by atoms with Crippen LogP contribution in [0.2, 0.25) is 0 Å². The molecule has 2 N–H and O–H groups in total. The summed E-state index contributed by atoms with van der Waals surface area (Å²) in [6.45, 7) is 0. The summed E-state index contributed by atoms with van der Waals surface area (Å²) in [5.41, 5.74) is 3.15. The van der Waals surface area contributed by atoms with E-state index in [1.807, 2.05) is 36.4 Å². The summed E-state index contributed by atoms with van der Waals surface area (Å²) in [5, 5.41) is 19.4. The highest BCUT2D eigenvalue weighted by Gasteiger charge is 2.03. The lowest BCUT2D eigenvalue weighted by Gasteiger charge is -2.05. The number of phenols is 2. The summed E-state index contributed by atoms with van der Waals surface area (Å²) < 4.78 is 15.7. The van der Waals surface area contributed by atoms with Crippen LogP contribution in [0, 0.1) is 0 Å². The number of benzene rings is 2. The first-order valence-electron chi connectivity index (χ1n) is 9.18. The van der Waals surface area contributed by atoms with Gasteiger partial charge >= 0.3 is 0 Å². The summed E-state index contributed by atoms with van der Waals surface area (Å²) in [4.78, 5) is 4.62. The molecule has 0 aliphatic carbocycles. The van der Waals surface area contributed by atoms with Crippen LogP contribution in [0.4, 0.5) is 0 Å². The fourth-order valence-corrected chi connectivity index (χ4v) is 2.79. The van der Waals surface area contributed by atoms with Crippen LogP contribution >= 0.6 is 0 Å². The Hall–Kier alpha value is -3.93. The average Bonchev–Trinajstić information content (AvgIpc) is 2.77. The van der Waals surface area contributed by atoms with Gasteiger partial charge in [0.05, 0.1) is 32.7 Å². The monoisotopic (exact) mass is 405 g/mol. The Labute approximate surface area is 175 Å². The number of aromatic nitrogens is 1. The lowest BCUT2D eigenvalue weighted by molar-refractivity contribution is 0.373. The van der Waals surface area contributed by atoms with Crippen molar-refractivity contribution in [3.63, 3.8) is 0 Å². The molecular weight excluding hydrogens is 382 g/mol. The van der Waals surface area contributed by atoms with E-state index in [2.05, 4.69) is 4.98 Å². The molecule has 6 nitrogen and oxygen atoms in total. The maximum absolute atomic E-state index is 9.72. The first-order chi connectivity index (χ1) is 14.5. The topological polar surface area (TPSA) is 81.0 Å². The van der Waals surface area contributed by atoms with E-state index in [-0.39, 0.29) is 11.5 Å². The normalized spacial score (nSPS) is 11.2. The molecule has 0 radical (unpaired) electrons. The van der Waals surface area contributed by atoms with Gasteiger partial charge in [0.1, 0.15) is 5.75 Å². The Bertz CT molecular complexity index is 1010. The van der Waals surface area contributed by atoms with Gasteiger partial charge in [-0.3, -0.25) is 0 Å². The summed E-state index contributed by atoms with van der Waals surface area (Å²) >= 11 is 0. The molecule has 0 saturated heterocycles. The molecule has 0 aliphatic rings. The molecule has 30 heavy (non-hydrogen) atoms. The highest BCUT2D eigenvalue weighted by Crippen LogP contribution is 2.28. The van der Waals surface area contributed by atoms with Gasteiger partial charge in [-0.1, -0.05) is 24.3 Å².